The number of Topliss-reactive ketones (excluding diaryl/α,β-unsaturated/α-hetero) is 1. The Morgan fingerprint density at radius 3 is 2.50 bits per heavy atom. The van der Waals surface area contributed by atoms with Gasteiger partial charge in [0.05, 0.1) is 0 Å². The highest BCUT2D eigenvalue weighted by Crippen LogP contribution is 2.19. The molecule has 0 atom stereocenters. The molecular formula is C21H17NO2. The van der Waals surface area contributed by atoms with Gasteiger partial charge in [0.2, 0.25) is 5.91 Å². The molecule has 0 saturated heterocycles. The van der Waals surface area contributed by atoms with Crippen LogP contribution < -0.4 is 5.32 Å². The van der Waals surface area contributed by atoms with Crippen LogP contribution in [0.2, 0.25) is 0 Å². The molecule has 0 aliphatic heterocycles. The molecule has 1 N–H and O–H groups in total. The second kappa shape index (κ2) is 6.92. The Labute approximate surface area is 140 Å². The lowest BCUT2D eigenvalue weighted by Crippen LogP contribution is -2.08. The summed E-state index contributed by atoms with van der Waals surface area (Å²) in [7, 11) is 0. The van der Waals surface area contributed by atoms with Crippen LogP contribution in [0.4, 0.5) is 5.69 Å². The van der Waals surface area contributed by atoms with E-state index in [1.165, 1.54) is 13.0 Å². The van der Waals surface area contributed by atoms with Gasteiger partial charge < -0.3 is 5.32 Å². The lowest BCUT2D eigenvalue weighted by molar-refractivity contribution is -0.111. The molecular weight excluding hydrogens is 298 g/mol. The SMILES string of the molecule is CC(=O)c1cccc(NC(=O)C=Cc2cccc3ccccc23)c1. The van der Waals surface area contributed by atoms with Crippen LogP contribution in [0.15, 0.2) is 72.8 Å². The summed E-state index contributed by atoms with van der Waals surface area (Å²) in [4.78, 5) is 23.5. The molecule has 3 aromatic carbocycles. The van der Waals surface area contributed by atoms with Crippen LogP contribution >= 0.6 is 0 Å². The molecule has 1 amide bonds. The molecule has 3 nitrogen and oxygen atoms in total. The number of ketones is 1. The Hall–Kier alpha value is -3.20. The third-order valence-corrected chi connectivity index (χ3v) is 3.77. The van der Waals surface area contributed by atoms with Gasteiger partial charge in [0.25, 0.3) is 0 Å². The number of hydrogen-bond donors (Lipinski definition) is 1. The Balaban J connectivity index is 1.78. The molecule has 0 unspecified atom stereocenters. The molecule has 118 valence electrons. The van der Waals surface area contributed by atoms with E-state index < -0.39 is 0 Å². The number of rotatable bonds is 4. The van der Waals surface area contributed by atoms with Gasteiger partial charge in [0.15, 0.2) is 5.78 Å². The minimum Gasteiger partial charge on any atom is -0.322 e. The van der Waals surface area contributed by atoms with Gasteiger partial charge in [-0.15, -0.1) is 0 Å². The van der Waals surface area contributed by atoms with Crippen molar-refractivity contribution >= 4 is 34.2 Å². The minimum absolute atomic E-state index is 0.0302. The summed E-state index contributed by atoms with van der Waals surface area (Å²) in [6.45, 7) is 1.50. The van der Waals surface area contributed by atoms with Crippen molar-refractivity contribution in [2.45, 2.75) is 6.92 Å². The second-order valence-electron chi connectivity index (χ2n) is 5.53. The Kier molecular flexibility index (Phi) is 4.52. The second-order valence-corrected chi connectivity index (χ2v) is 5.53. The first-order chi connectivity index (χ1) is 11.6. The molecule has 3 heteroatoms. The molecule has 0 aliphatic rings. The molecule has 3 rings (SSSR count). The lowest BCUT2D eigenvalue weighted by Gasteiger charge is -2.04. The topological polar surface area (TPSA) is 46.2 Å². The van der Waals surface area contributed by atoms with Gasteiger partial charge in [-0.05, 0) is 41.5 Å². The average Bonchev–Trinajstić information content (AvgIpc) is 2.60. The first-order valence-corrected chi connectivity index (χ1v) is 7.71. The molecule has 0 saturated carbocycles. The van der Waals surface area contributed by atoms with E-state index in [9.17, 15) is 9.59 Å². The summed E-state index contributed by atoms with van der Waals surface area (Å²) in [6, 6.07) is 20.9. The maximum atomic E-state index is 12.1. The summed E-state index contributed by atoms with van der Waals surface area (Å²) in [6.07, 6.45) is 3.30. The van der Waals surface area contributed by atoms with Crippen molar-refractivity contribution in [3.63, 3.8) is 0 Å². The number of carbonyl (C=O) groups excluding carboxylic acids is 2. The fraction of sp³-hybridized carbons (Fsp3) is 0.0476. The molecule has 0 heterocycles. The maximum absolute atomic E-state index is 12.1. The van der Waals surface area contributed by atoms with Crippen molar-refractivity contribution < 1.29 is 9.59 Å². The minimum atomic E-state index is -0.233. The zero-order valence-corrected chi connectivity index (χ0v) is 13.3. The van der Waals surface area contributed by atoms with Gasteiger partial charge in [-0.2, -0.15) is 0 Å². The molecule has 0 spiro atoms. The van der Waals surface area contributed by atoms with Crippen LogP contribution in [0.25, 0.3) is 16.8 Å². The van der Waals surface area contributed by atoms with Crippen molar-refractivity contribution in [3.8, 4) is 0 Å². The number of anilines is 1. The molecule has 0 aliphatic carbocycles. The first kappa shape index (κ1) is 15.7. The van der Waals surface area contributed by atoms with E-state index in [1.807, 2.05) is 42.5 Å². The van der Waals surface area contributed by atoms with Gasteiger partial charge in [-0.25, -0.2) is 0 Å². The van der Waals surface area contributed by atoms with E-state index >= 15 is 0 Å². The highest BCUT2D eigenvalue weighted by Gasteiger charge is 2.03. The van der Waals surface area contributed by atoms with Crippen molar-refractivity contribution in [1.82, 2.24) is 0 Å². The summed E-state index contributed by atoms with van der Waals surface area (Å²) in [5.74, 6) is -0.263. The van der Waals surface area contributed by atoms with Crippen LogP contribution in [0.1, 0.15) is 22.8 Å². The van der Waals surface area contributed by atoms with Gasteiger partial charge >= 0.3 is 0 Å². The standard InChI is InChI=1S/C21H17NO2/c1-15(23)18-9-5-10-19(14-18)22-21(24)13-12-17-8-4-7-16-6-2-3-11-20(16)17/h2-14H,1H3,(H,22,24). The highest BCUT2D eigenvalue weighted by molar-refractivity contribution is 6.04. The molecule has 0 radical (unpaired) electrons. The smallest absolute Gasteiger partial charge is 0.248 e. The van der Waals surface area contributed by atoms with E-state index in [0.29, 0.717) is 11.3 Å². The number of hydrogen-bond acceptors (Lipinski definition) is 2. The number of amides is 1. The first-order valence-electron chi connectivity index (χ1n) is 7.71. The van der Waals surface area contributed by atoms with Gasteiger partial charge in [-0.3, -0.25) is 9.59 Å². The number of benzene rings is 3. The van der Waals surface area contributed by atoms with E-state index in [2.05, 4.69) is 5.32 Å². The van der Waals surface area contributed by atoms with Crippen LogP contribution in [-0.2, 0) is 4.79 Å². The van der Waals surface area contributed by atoms with Crippen molar-refractivity contribution in [1.29, 1.82) is 0 Å². The van der Waals surface area contributed by atoms with Gasteiger partial charge in [-0.1, -0.05) is 54.6 Å². The van der Waals surface area contributed by atoms with E-state index in [-0.39, 0.29) is 11.7 Å². The Morgan fingerprint density at radius 2 is 1.67 bits per heavy atom. The fourth-order valence-electron chi connectivity index (χ4n) is 2.56. The summed E-state index contributed by atoms with van der Waals surface area (Å²) in [5.41, 5.74) is 2.17. The molecule has 3 aromatic rings. The Morgan fingerprint density at radius 1 is 0.917 bits per heavy atom. The summed E-state index contributed by atoms with van der Waals surface area (Å²) >= 11 is 0. The van der Waals surface area contributed by atoms with E-state index in [0.717, 1.165) is 16.3 Å². The van der Waals surface area contributed by atoms with Crippen LogP contribution in [0, 0.1) is 0 Å². The van der Waals surface area contributed by atoms with Gasteiger partial charge in [0.1, 0.15) is 0 Å². The number of fused-ring (bicyclic) bond motifs is 1. The van der Waals surface area contributed by atoms with Crippen LogP contribution in [0.5, 0.6) is 0 Å². The van der Waals surface area contributed by atoms with Crippen LogP contribution in [0.3, 0.4) is 0 Å². The normalized spacial score (nSPS) is 10.9. The monoisotopic (exact) mass is 315 g/mol. The third kappa shape index (κ3) is 3.58. The van der Waals surface area contributed by atoms with E-state index in [1.54, 1.807) is 30.3 Å². The highest BCUT2D eigenvalue weighted by atomic mass is 16.1. The molecule has 24 heavy (non-hydrogen) atoms. The zero-order valence-electron chi connectivity index (χ0n) is 13.3. The molecule has 0 aromatic heterocycles. The van der Waals surface area contributed by atoms with Crippen molar-refractivity contribution in [3.05, 3.63) is 83.9 Å². The average molecular weight is 315 g/mol. The van der Waals surface area contributed by atoms with Crippen molar-refractivity contribution in [2.24, 2.45) is 0 Å². The molecule has 0 bridgehead atoms. The maximum Gasteiger partial charge on any atom is 0.248 e. The number of carbonyl (C=O) groups is 2. The van der Waals surface area contributed by atoms with Crippen molar-refractivity contribution in [2.75, 3.05) is 5.32 Å². The summed E-state index contributed by atoms with van der Waals surface area (Å²) in [5, 5.41) is 5.01. The lowest BCUT2D eigenvalue weighted by atomic mass is 10.0. The van der Waals surface area contributed by atoms with Gasteiger partial charge in [0, 0.05) is 17.3 Å². The third-order valence-electron chi connectivity index (χ3n) is 3.77. The Bertz CT molecular complexity index is 936. The van der Waals surface area contributed by atoms with Crippen LogP contribution in [-0.4, -0.2) is 11.7 Å². The zero-order chi connectivity index (χ0) is 16.9. The predicted molar refractivity (Wildman–Crippen MR) is 98.1 cm³/mol. The predicted octanol–water partition coefficient (Wildman–Crippen LogP) is 4.69. The summed E-state index contributed by atoms with van der Waals surface area (Å²) < 4.78 is 0. The quantitative estimate of drug-likeness (QED) is 0.560. The van der Waals surface area contributed by atoms with E-state index in [4.69, 9.17) is 0 Å². The largest absolute Gasteiger partial charge is 0.322 e. The fourth-order valence-corrected chi connectivity index (χ4v) is 2.56. The molecule has 0 fully saturated rings. The number of nitrogens with one attached hydrogen (secondary N) is 1.